The fraction of sp³-hybridized carbons (Fsp3) is 0.571. The molecule has 1 aliphatic rings. The van der Waals surface area contributed by atoms with Gasteiger partial charge in [-0.1, -0.05) is 19.9 Å². The molecule has 3 heteroatoms. The Morgan fingerprint density at radius 1 is 1.41 bits per heavy atom. The van der Waals surface area contributed by atoms with Crippen LogP contribution in [0.25, 0.3) is 0 Å². The third-order valence-electron chi connectivity index (χ3n) is 4.58. The summed E-state index contributed by atoms with van der Waals surface area (Å²) in [5, 5.41) is 0. The molecule has 1 nitrogen and oxygen atoms in total. The predicted octanol–water partition coefficient (Wildman–Crippen LogP) is 4.21. The Kier molecular flexibility index (Phi) is 3.60. The molecule has 2 rings (SSSR count). The first kappa shape index (κ1) is 13.0. The fourth-order valence-electron chi connectivity index (χ4n) is 3.29. The second-order valence-electron chi connectivity index (χ2n) is 5.01. The minimum absolute atomic E-state index is 0.198. The zero-order chi connectivity index (χ0) is 12.6. The smallest absolute Gasteiger partial charge is 0.137 e. The highest BCUT2D eigenvalue weighted by Gasteiger charge is 2.51. The normalized spacial score (nSPS) is 26.6. The van der Waals surface area contributed by atoms with E-state index < -0.39 is 0 Å². The van der Waals surface area contributed by atoms with E-state index in [9.17, 15) is 4.39 Å². The summed E-state index contributed by atoms with van der Waals surface area (Å²) >= 11 is 3.26. The van der Waals surface area contributed by atoms with Crippen LogP contribution < -0.4 is 5.73 Å². The van der Waals surface area contributed by atoms with Crippen molar-refractivity contribution in [2.75, 3.05) is 0 Å². The Labute approximate surface area is 111 Å². The van der Waals surface area contributed by atoms with Crippen LogP contribution in [-0.2, 0) is 0 Å². The molecule has 17 heavy (non-hydrogen) atoms. The highest BCUT2D eigenvalue weighted by atomic mass is 79.9. The van der Waals surface area contributed by atoms with Gasteiger partial charge in [0.1, 0.15) is 5.82 Å². The van der Waals surface area contributed by atoms with E-state index in [1.54, 1.807) is 6.07 Å². The molecular weight excluding hydrogens is 281 g/mol. The summed E-state index contributed by atoms with van der Waals surface area (Å²) in [4.78, 5) is 0. The van der Waals surface area contributed by atoms with Crippen molar-refractivity contribution in [3.05, 3.63) is 34.1 Å². The average Bonchev–Trinajstić information content (AvgIpc) is 2.32. The van der Waals surface area contributed by atoms with Crippen LogP contribution in [0.15, 0.2) is 22.7 Å². The number of benzene rings is 1. The first-order chi connectivity index (χ1) is 8.05. The molecule has 0 aromatic heterocycles. The maximum absolute atomic E-state index is 13.2. The Hall–Kier alpha value is -0.410. The van der Waals surface area contributed by atoms with Crippen molar-refractivity contribution >= 4 is 15.9 Å². The molecule has 1 fully saturated rings. The van der Waals surface area contributed by atoms with Gasteiger partial charge in [0.15, 0.2) is 0 Å². The van der Waals surface area contributed by atoms with Gasteiger partial charge in [-0.05, 0) is 64.2 Å². The maximum Gasteiger partial charge on any atom is 0.137 e. The molecule has 2 atom stereocenters. The molecule has 1 aromatic carbocycles. The third kappa shape index (κ3) is 1.93. The number of rotatable bonds is 3. The van der Waals surface area contributed by atoms with E-state index in [-0.39, 0.29) is 17.3 Å². The lowest BCUT2D eigenvalue weighted by atomic mass is 9.52. The van der Waals surface area contributed by atoms with Crippen molar-refractivity contribution in [1.82, 2.24) is 0 Å². The van der Waals surface area contributed by atoms with Crippen molar-refractivity contribution in [3.8, 4) is 0 Å². The van der Waals surface area contributed by atoms with Crippen LogP contribution in [0.5, 0.6) is 0 Å². The summed E-state index contributed by atoms with van der Waals surface area (Å²) < 4.78 is 13.8. The minimum Gasteiger partial charge on any atom is -0.327 e. The van der Waals surface area contributed by atoms with Crippen LogP contribution in [0.2, 0.25) is 0 Å². The molecule has 1 aliphatic carbocycles. The lowest BCUT2D eigenvalue weighted by molar-refractivity contribution is 0.0437. The molecule has 0 aliphatic heterocycles. The molecule has 2 N–H and O–H groups in total. The summed E-state index contributed by atoms with van der Waals surface area (Å²) in [5.74, 6) is 0.278. The summed E-state index contributed by atoms with van der Waals surface area (Å²) in [7, 11) is 0. The van der Waals surface area contributed by atoms with E-state index in [2.05, 4.69) is 29.8 Å². The van der Waals surface area contributed by atoms with Crippen LogP contribution in [0, 0.1) is 11.2 Å². The SMILES string of the molecule is CCC1(CC)C(N)CC1c1ccc(F)c(Br)c1. The number of hydrogen-bond acceptors (Lipinski definition) is 1. The van der Waals surface area contributed by atoms with Gasteiger partial charge in [-0.2, -0.15) is 0 Å². The number of nitrogens with two attached hydrogens (primary N) is 1. The summed E-state index contributed by atoms with van der Waals surface area (Å²) in [6, 6.07) is 5.63. The molecule has 2 unspecified atom stereocenters. The van der Waals surface area contributed by atoms with Crippen molar-refractivity contribution in [2.45, 2.75) is 45.1 Å². The van der Waals surface area contributed by atoms with Gasteiger partial charge in [0, 0.05) is 6.04 Å². The second-order valence-corrected chi connectivity index (χ2v) is 5.86. The number of hydrogen-bond donors (Lipinski definition) is 1. The lowest BCUT2D eigenvalue weighted by Crippen LogP contribution is -2.55. The van der Waals surface area contributed by atoms with Gasteiger partial charge in [-0.25, -0.2) is 4.39 Å². The topological polar surface area (TPSA) is 26.0 Å². The highest BCUT2D eigenvalue weighted by molar-refractivity contribution is 9.10. The Morgan fingerprint density at radius 2 is 2.06 bits per heavy atom. The van der Waals surface area contributed by atoms with Crippen LogP contribution in [-0.4, -0.2) is 6.04 Å². The van der Waals surface area contributed by atoms with E-state index in [0.29, 0.717) is 10.4 Å². The van der Waals surface area contributed by atoms with Gasteiger partial charge < -0.3 is 5.73 Å². The van der Waals surface area contributed by atoms with Crippen LogP contribution in [0.1, 0.15) is 44.6 Å². The van der Waals surface area contributed by atoms with Crippen molar-refractivity contribution in [1.29, 1.82) is 0 Å². The van der Waals surface area contributed by atoms with Gasteiger partial charge in [0.05, 0.1) is 4.47 Å². The van der Waals surface area contributed by atoms with E-state index >= 15 is 0 Å². The molecule has 1 aromatic rings. The highest BCUT2D eigenvalue weighted by Crippen LogP contribution is 2.56. The first-order valence-electron chi connectivity index (χ1n) is 6.25. The van der Waals surface area contributed by atoms with E-state index in [4.69, 9.17) is 5.73 Å². The van der Waals surface area contributed by atoms with Gasteiger partial charge in [0.2, 0.25) is 0 Å². The molecule has 0 spiro atoms. The maximum atomic E-state index is 13.2. The summed E-state index contributed by atoms with van der Waals surface area (Å²) in [6.45, 7) is 4.40. The summed E-state index contributed by atoms with van der Waals surface area (Å²) in [5.41, 5.74) is 7.61. The lowest BCUT2D eigenvalue weighted by Gasteiger charge is -2.55. The molecule has 0 heterocycles. The first-order valence-corrected chi connectivity index (χ1v) is 7.05. The van der Waals surface area contributed by atoms with Gasteiger partial charge in [-0.3, -0.25) is 0 Å². The molecule has 0 saturated heterocycles. The third-order valence-corrected chi connectivity index (χ3v) is 5.19. The quantitative estimate of drug-likeness (QED) is 0.889. The zero-order valence-electron chi connectivity index (χ0n) is 10.3. The molecule has 1 saturated carbocycles. The number of halogens is 2. The standard InChI is InChI=1S/C14H19BrFN/c1-3-14(4-2)10(8-13(14)17)9-5-6-12(16)11(15)7-9/h5-7,10,13H,3-4,8,17H2,1-2H3. The van der Waals surface area contributed by atoms with Crippen LogP contribution in [0.4, 0.5) is 4.39 Å². The summed E-state index contributed by atoms with van der Waals surface area (Å²) in [6.07, 6.45) is 3.19. The van der Waals surface area contributed by atoms with Crippen LogP contribution >= 0.6 is 15.9 Å². The molecule has 0 amide bonds. The van der Waals surface area contributed by atoms with Crippen molar-refractivity contribution < 1.29 is 4.39 Å². The van der Waals surface area contributed by atoms with E-state index in [0.717, 1.165) is 19.3 Å². The molecule has 94 valence electrons. The minimum atomic E-state index is -0.198. The van der Waals surface area contributed by atoms with E-state index in [1.807, 2.05) is 12.1 Å². The van der Waals surface area contributed by atoms with Gasteiger partial charge in [0.25, 0.3) is 0 Å². The zero-order valence-corrected chi connectivity index (χ0v) is 11.9. The molecule has 0 bridgehead atoms. The van der Waals surface area contributed by atoms with Gasteiger partial charge in [-0.15, -0.1) is 0 Å². The largest absolute Gasteiger partial charge is 0.327 e. The van der Waals surface area contributed by atoms with Crippen molar-refractivity contribution in [3.63, 3.8) is 0 Å². The monoisotopic (exact) mass is 299 g/mol. The van der Waals surface area contributed by atoms with E-state index in [1.165, 1.54) is 5.56 Å². The predicted molar refractivity (Wildman–Crippen MR) is 72.4 cm³/mol. The molecular formula is C14H19BrFN. The van der Waals surface area contributed by atoms with Crippen molar-refractivity contribution in [2.24, 2.45) is 11.1 Å². The average molecular weight is 300 g/mol. The Morgan fingerprint density at radius 3 is 2.53 bits per heavy atom. The Bertz CT molecular complexity index is 415. The molecule has 0 radical (unpaired) electrons. The Balaban J connectivity index is 2.32. The van der Waals surface area contributed by atoms with Gasteiger partial charge >= 0.3 is 0 Å². The fourth-order valence-corrected chi connectivity index (χ4v) is 3.68. The second kappa shape index (κ2) is 4.69. The van der Waals surface area contributed by atoms with Crippen LogP contribution in [0.3, 0.4) is 0 Å².